The highest BCUT2D eigenvalue weighted by molar-refractivity contribution is 9.10. The van der Waals surface area contributed by atoms with Crippen LogP contribution in [0.25, 0.3) is 0 Å². The fourth-order valence-corrected chi connectivity index (χ4v) is 2.43. The number of Topliss-reactive ketones (excluding diaryl/α,β-unsaturated/α-hetero) is 1. The van der Waals surface area contributed by atoms with Gasteiger partial charge in [-0.1, -0.05) is 42.0 Å². The normalized spacial score (nSPS) is 10.6. The molecule has 0 bridgehead atoms. The Morgan fingerprint density at radius 2 is 1.85 bits per heavy atom. The van der Waals surface area contributed by atoms with Gasteiger partial charge in [-0.05, 0) is 46.5 Å². The van der Waals surface area contributed by atoms with Crippen LogP contribution >= 0.6 is 15.9 Å². The van der Waals surface area contributed by atoms with Gasteiger partial charge in [0.25, 0.3) is 0 Å². The lowest BCUT2D eigenvalue weighted by Gasteiger charge is -2.05. The van der Waals surface area contributed by atoms with Crippen molar-refractivity contribution in [2.75, 3.05) is 0 Å². The lowest BCUT2D eigenvalue weighted by atomic mass is 10.0. The van der Waals surface area contributed by atoms with Crippen LogP contribution in [0.4, 0.5) is 4.39 Å². The molecule has 2 rings (SSSR count). The summed E-state index contributed by atoms with van der Waals surface area (Å²) in [6, 6.07) is 13.0. The molecule has 0 atom stereocenters. The van der Waals surface area contributed by atoms with Gasteiger partial charge in [0.05, 0.1) is 4.47 Å². The lowest BCUT2D eigenvalue weighted by Crippen LogP contribution is -2.05. The second-order valence-electron chi connectivity index (χ2n) is 4.91. The van der Waals surface area contributed by atoms with Crippen LogP contribution in [0.2, 0.25) is 0 Å². The zero-order valence-electron chi connectivity index (χ0n) is 11.3. The maximum Gasteiger partial charge on any atom is 0.137 e. The third-order valence-electron chi connectivity index (χ3n) is 3.23. The number of hydrogen-bond acceptors (Lipinski definition) is 1. The van der Waals surface area contributed by atoms with Gasteiger partial charge in [0.15, 0.2) is 0 Å². The summed E-state index contributed by atoms with van der Waals surface area (Å²) in [7, 11) is 0. The van der Waals surface area contributed by atoms with Crippen LogP contribution in [0.5, 0.6) is 0 Å². The summed E-state index contributed by atoms with van der Waals surface area (Å²) in [6.07, 6.45) is 1.47. The van der Waals surface area contributed by atoms with E-state index in [1.165, 1.54) is 11.6 Å². The van der Waals surface area contributed by atoms with E-state index in [1.54, 1.807) is 12.1 Å². The molecule has 104 valence electrons. The van der Waals surface area contributed by atoms with Crippen molar-refractivity contribution >= 4 is 21.7 Å². The van der Waals surface area contributed by atoms with E-state index in [9.17, 15) is 9.18 Å². The first kappa shape index (κ1) is 14.9. The van der Waals surface area contributed by atoms with Crippen molar-refractivity contribution in [2.24, 2.45) is 0 Å². The first-order chi connectivity index (χ1) is 9.56. The third-order valence-corrected chi connectivity index (χ3v) is 4.12. The number of hydrogen-bond donors (Lipinski definition) is 0. The summed E-state index contributed by atoms with van der Waals surface area (Å²) < 4.78 is 13.8. The molecular formula is C17H16BrFO. The average molecular weight is 335 g/mol. The van der Waals surface area contributed by atoms with Gasteiger partial charge in [-0.3, -0.25) is 4.79 Å². The van der Waals surface area contributed by atoms with Crippen LogP contribution in [0.15, 0.2) is 46.9 Å². The van der Waals surface area contributed by atoms with Crippen LogP contribution in [0, 0.1) is 12.7 Å². The van der Waals surface area contributed by atoms with Crippen LogP contribution < -0.4 is 0 Å². The quantitative estimate of drug-likeness (QED) is 0.778. The predicted molar refractivity (Wildman–Crippen MR) is 82.3 cm³/mol. The smallest absolute Gasteiger partial charge is 0.137 e. The molecule has 0 aromatic heterocycles. The van der Waals surface area contributed by atoms with Gasteiger partial charge in [-0.15, -0.1) is 0 Å². The Balaban J connectivity index is 1.92. The van der Waals surface area contributed by atoms with Crippen molar-refractivity contribution in [1.29, 1.82) is 0 Å². The van der Waals surface area contributed by atoms with Gasteiger partial charge < -0.3 is 0 Å². The van der Waals surface area contributed by atoms with E-state index >= 15 is 0 Å². The standard InChI is InChI=1S/C17H16BrFO/c1-12-5-7-13(8-6-12)9-10-15(20)11-14-3-2-4-16(19)17(14)18/h2-8H,9-11H2,1H3. The van der Waals surface area contributed by atoms with Gasteiger partial charge in [0.1, 0.15) is 11.6 Å². The second kappa shape index (κ2) is 6.80. The molecule has 0 fully saturated rings. The molecule has 0 spiro atoms. The molecule has 2 aromatic carbocycles. The number of carbonyl (C=O) groups excluding carboxylic acids is 1. The van der Waals surface area contributed by atoms with Crippen molar-refractivity contribution in [3.05, 3.63) is 69.4 Å². The molecule has 0 aliphatic rings. The molecule has 20 heavy (non-hydrogen) atoms. The van der Waals surface area contributed by atoms with Crippen molar-refractivity contribution in [1.82, 2.24) is 0 Å². The third kappa shape index (κ3) is 4.01. The molecular weight excluding hydrogens is 319 g/mol. The molecule has 3 heteroatoms. The van der Waals surface area contributed by atoms with Crippen molar-refractivity contribution in [3.8, 4) is 0 Å². The Bertz CT molecular complexity index is 605. The Morgan fingerprint density at radius 3 is 2.55 bits per heavy atom. The Kier molecular flexibility index (Phi) is 5.07. The molecule has 0 aliphatic carbocycles. The van der Waals surface area contributed by atoms with E-state index in [2.05, 4.69) is 15.9 Å². The summed E-state index contributed by atoms with van der Waals surface area (Å²) in [6.45, 7) is 2.04. The number of aryl methyl sites for hydroxylation is 2. The summed E-state index contributed by atoms with van der Waals surface area (Å²) >= 11 is 3.19. The van der Waals surface area contributed by atoms with Crippen LogP contribution in [-0.2, 0) is 17.6 Å². The number of benzene rings is 2. The molecule has 0 unspecified atom stereocenters. The molecule has 1 nitrogen and oxygen atoms in total. The SMILES string of the molecule is Cc1ccc(CCC(=O)Cc2cccc(F)c2Br)cc1. The summed E-state index contributed by atoms with van der Waals surface area (Å²) in [4.78, 5) is 12.0. The van der Waals surface area contributed by atoms with Gasteiger partial charge in [-0.25, -0.2) is 4.39 Å². The Morgan fingerprint density at radius 1 is 1.15 bits per heavy atom. The maximum atomic E-state index is 13.4. The first-order valence-electron chi connectivity index (χ1n) is 6.56. The molecule has 0 amide bonds. The summed E-state index contributed by atoms with van der Waals surface area (Å²) in [5, 5.41) is 0. The van der Waals surface area contributed by atoms with E-state index in [-0.39, 0.29) is 18.0 Å². The van der Waals surface area contributed by atoms with E-state index in [1.807, 2.05) is 31.2 Å². The number of ketones is 1. The lowest BCUT2D eigenvalue weighted by molar-refractivity contribution is -0.118. The first-order valence-corrected chi connectivity index (χ1v) is 7.35. The number of halogens is 2. The van der Waals surface area contributed by atoms with Gasteiger partial charge in [0, 0.05) is 12.8 Å². The molecule has 0 saturated heterocycles. The topological polar surface area (TPSA) is 17.1 Å². The zero-order valence-corrected chi connectivity index (χ0v) is 12.9. The highest BCUT2D eigenvalue weighted by atomic mass is 79.9. The second-order valence-corrected chi connectivity index (χ2v) is 5.71. The summed E-state index contributed by atoms with van der Waals surface area (Å²) in [5.41, 5.74) is 3.07. The fraction of sp³-hybridized carbons (Fsp3) is 0.235. The average Bonchev–Trinajstić information content (AvgIpc) is 2.43. The Labute approximate surface area is 127 Å². The summed E-state index contributed by atoms with van der Waals surface area (Å²) in [5.74, 6) is -0.203. The molecule has 0 radical (unpaired) electrons. The van der Waals surface area contributed by atoms with Gasteiger partial charge >= 0.3 is 0 Å². The minimum absolute atomic E-state index is 0.122. The highest BCUT2D eigenvalue weighted by Crippen LogP contribution is 2.21. The predicted octanol–water partition coefficient (Wildman–Crippen LogP) is 4.64. The Hall–Kier alpha value is -1.48. The van der Waals surface area contributed by atoms with Gasteiger partial charge in [0.2, 0.25) is 0 Å². The number of rotatable bonds is 5. The molecule has 2 aromatic rings. The molecule has 0 heterocycles. The van der Waals surface area contributed by atoms with Crippen molar-refractivity contribution in [2.45, 2.75) is 26.2 Å². The maximum absolute atomic E-state index is 13.4. The largest absolute Gasteiger partial charge is 0.299 e. The highest BCUT2D eigenvalue weighted by Gasteiger charge is 2.10. The van der Waals surface area contributed by atoms with Crippen LogP contribution in [0.1, 0.15) is 23.1 Å². The van der Waals surface area contributed by atoms with E-state index in [0.29, 0.717) is 16.5 Å². The van der Waals surface area contributed by atoms with E-state index in [0.717, 1.165) is 12.0 Å². The molecule has 0 saturated carbocycles. The fourth-order valence-electron chi connectivity index (χ4n) is 2.02. The molecule has 0 N–H and O–H groups in total. The van der Waals surface area contributed by atoms with E-state index in [4.69, 9.17) is 0 Å². The molecule has 0 aliphatic heterocycles. The number of carbonyl (C=O) groups is 1. The minimum atomic E-state index is -0.325. The van der Waals surface area contributed by atoms with Crippen LogP contribution in [0.3, 0.4) is 0 Å². The zero-order chi connectivity index (χ0) is 14.5. The van der Waals surface area contributed by atoms with Crippen LogP contribution in [-0.4, -0.2) is 5.78 Å². The monoisotopic (exact) mass is 334 g/mol. The van der Waals surface area contributed by atoms with Gasteiger partial charge in [-0.2, -0.15) is 0 Å². The van der Waals surface area contributed by atoms with Crippen molar-refractivity contribution in [3.63, 3.8) is 0 Å². The van der Waals surface area contributed by atoms with E-state index < -0.39 is 0 Å². The minimum Gasteiger partial charge on any atom is -0.299 e. The van der Waals surface area contributed by atoms with Crippen molar-refractivity contribution < 1.29 is 9.18 Å².